The Kier molecular flexibility index (Phi) is 7.61. The van der Waals surface area contributed by atoms with Crippen LogP contribution in [0.3, 0.4) is 0 Å². The third-order valence-corrected chi connectivity index (χ3v) is 6.24. The summed E-state index contributed by atoms with van der Waals surface area (Å²) in [7, 11) is -3.69. The van der Waals surface area contributed by atoms with Crippen molar-refractivity contribution in [3.05, 3.63) is 30.1 Å². The molecule has 0 aromatic heterocycles. The van der Waals surface area contributed by atoms with Crippen LogP contribution in [0.4, 0.5) is 10.1 Å². The first-order chi connectivity index (χ1) is 12.7. The number of piperidine rings is 1. The van der Waals surface area contributed by atoms with Gasteiger partial charge in [-0.05, 0) is 76.0 Å². The maximum atomic E-state index is 13.1. The number of sulfonamides is 1. The Morgan fingerprint density at radius 3 is 2.44 bits per heavy atom. The van der Waals surface area contributed by atoms with E-state index in [-0.39, 0.29) is 11.6 Å². The van der Waals surface area contributed by atoms with Crippen LogP contribution in [-0.2, 0) is 14.8 Å². The second-order valence-corrected chi connectivity index (χ2v) is 9.24. The maximum Gasteiger partial charge on any atom is 0.243 e. The zero-order valence-corrected chi connectivity index (χ0v) is 17.1. The van der Waals surface area contributed by atoms with Crippen molar-refractivity contribution < 1.29 is 17.6 Å². The normalized spacial score (nSPS) is 17.5. The van der Waals surface area contributed by atoms with Crippen LogP contribution in [0.5, 0.6) is 0 Å². The number of benzene rings is 1. The Labute approximate surface area is 161 Å². The molecule has 8 heteroatoms. The van der Waals surface area contributed by atoms with E-state index in [0.717, 1.165) is 42.5 Å². The van der Waals surface area contributed by atoms with Crippen LogP contribution in [0.15, 0.2) is 24.3 Å². The molecule has 1 amide bonds. The highest BCUT2D eigenvalue weighted by Crippen LogP contribution is 2.21. The number of rotatable bonds is 8. The first kappa shape index (κ1) is 21.6. The van der Waals surface area contributed by atoms with Gasteiger partial charge in [-0.15, -0.1) is 0 Å². The Balaban J connectivity index is 1.88. The van der Waals surface area contributed by atoms with Crippen LogP contribution in [0.25, 0.3) is 0 Å². The molecule has 1 aromatic rings. The van der Waals surface area contributed by atoms with Crippen molar-refractivity contribution in [3.8, 4) is 0 Å². The number of halogens is 1. The molecule has 1 aliphatic rings. The standard InChI is InChI=1S/C19H30FN3O3S/c1-15-9-13-22(14-10-15)12-4-11-21-19(24)16(2)23(27(3,25)26)18-7-5-17(20)6-8-18/h5-8,15-16H,4,9-14H2,1-3H3,(H,21,24)/t16-/m1/s1. The van der Waals surface area contributed by atoms with Crippen molar-refractivity contribution in [1.82, 2.24) is 10.2 Å². The van der Waals surface area contributed by atoms with E-state index in [4.69, 9.17) is 0 Å². The van der Waals surface area contributed by atoms with Gasteiger partial charge < -0.3 is 10.2 Å². The second-order valence-electron chi connectivity index (χ2n) is 7.38. The van der Waals surface area contributed by atoms with Gasteiger partial charge in [0.15, 0.2) is 0 Å². The third-order valence-electron chi connectivity index (χ3n) is 5.00. The summed E-state index contributed by atoms with van der Waals surface area (Å²) >= 11 is 0. The van der Waals surface area contributed by atoms with Gasteiger partial charge in [0, 0.05) is 6.54 Å². The summed E-state index contributed by atoms with van der Waals surface area (Å²) in [5, 5.41) is 2.82. The zero-order chi connectivity index (χ0) is 20.0. The number of hydrogen-bond acceptors (Lipinski definition) is 4. The van der Waals surface area contributed by atoms with Crippen LogP contribution in [-0.4, -0.2) is 57.7 Å². The van der Waals surface area contributed by atoms with E-state index in [2.05, 4.69) is 17.1 Å². The molecule has 0 saturated carbocycles. The molecule has 152 valence electrons. The van der Waals surface area contributed by atoms with Gasteiger partial charge >= 0.3 is 0 Å². The molecule has 1 heterocycles. The van der Waals surface area contributed by atoms with Crippen molar-refractivity contribution in [3.63, 3.8) is 0 Å². The van der Waals surface area contributed by atoms with Gasteiger partial charge in [0.05, 0.1) is 11.9 Å². The predicted molar refractivity (Wildman–Crippen MR) is 106 cm³/mol. The highest BCUT2D eigenvalue weighted by molar-refractivity contribution is 7.92. The average molecular weight is 400 g/mol. The second kappa shape index (κ2) is 9.50. The van der Waals surface area contributed by atoms with Gasteiger partial charge in [-0.3, -0.25) is 9.10 Å². The van der Waals surface area contributed by atoms with E-state index < -0.39 is 21.9 Å². The SMILES string of the molecule is CC1CCN(CCCNC(=O)[C@@H](C)N(c2ccc(F)cc2)S(C)(=O)=O)CC1. The summed E-state index contributed by atoms with van der Waals surface area (Å²) in [6.45, 7) is 7.42. The van der Waals surface area contributed by atoms with Gasteiger partial charge in [-0.2, -0.15) is 0 Å². The van der Waals surface area contributed by atoms with Gasteiger partial charge in [0.2, 0.25) is 15.9 Å². The van der Waals surface area contributed by atoms with Crippen LogP contribution in [0, 0.1) is 11.7 Å². The summed E-state index contributed by atoms with van der Waals surface area (Å²) in [6, 6.07) is 4.16. The molecule has 0 radical (unpaired) electrons. The number of nitrogens with zero attached hydrogens (tertiary/aromatic N) is 2. The molecule has 6 nitrogen and oxygen atoms in total. The van der Waals surface area contributed by atoms with Gasteiger partial charge in [0.25, 0.3) is 0 Å². The number of amides is 1. The van der Waals surface area contributed by atoms with E-state index in [9.17, 15) is 17.6 Å². The molecule has 27 heavy (non-hydrogen) atoms. The largest absolute Gasteiger partial charge is 0.354 e. The fraction of sp³-hybridized carbons (Fsp3) is 0.632. The van der Waals surface area contributed by atoms with Gasteiger partial charge in [-0.1, -0.05) is 6.92 Å². The number of likely N-dealkylation sites (tertiary alicyclic amines) is 1. The summed E-state index contributed by atoms with van der Waals surface area (Å²) in [5.41, 5.74) is 0.268. The molecular formula is C19H30FN3O3S. The first-order valence-electron chi connectivity index (χ1n) is 9.43. The summed E-state index contributed by atoms with van der Waals surface area (Å²) in [4.78, 5) is 14.9. The van der Waals surface area contributed by atoms with E-state index in [0.29, 0.717) is 6.54 Å². The lowest BCUT2D eigenvalue weighted by atomic mass is 9.99. The molecule has 0 unspecified atom stereocenters. The first-order valence-corrected chi connectivity index (χ1v) is 11.3. The maximum absolute atomic E-state index is 13.1. The van der Waals surface area contributed by atoms with E-state index in [1.165, 1.54) is 44.0 Å². The number of carbonyl (C=O) groups is 1. The highest BCUT2D eigenvalue weighted by atomic mass is 32.2. The Morgan fingerprint density at radius 2 is 1.89 bits per heavy atom. The number of hydrogen-bond donors (Lipinski definition) is 1. The Hall–Kier alpha value is -1.67. The summed E-state index contributed by atoms with van der Waals surface area (Å²) in [5.74, 6) is -0.0383. The minimum atomic E-state index is -3.69. The lowest BCUT2D eigenvalue weighted by molar-refractivity contribution is -0.121. The molecule has 1 aromatic carbocycles. The molecule has 1 atom stereocenters. The molecule has 0 bridgehead atoms. The summed E-state index contributed by atoms with van der Waals surface area (Å²) in [6.07, 6.45) is 4.29. The van der Waals surface area contributed by atoms with Crippen molar-refractivity contribution in [2.75, 3.05) is 36.7 Å². The fourth-order valence-corrected chi connectivity index (χ4v) is 4.52. The van der Waals surface area contributed by atoms with Crippen molar-refractivity contribution in [2.45, 2.75) is 39.2 Å². The van der Waals surface area contributed by atoms with Crippen molar-refractivity contribution >= 4 is 21.6 Å². The molecule has 0 spiro atoms. The fourth-order valence-electron chi connectivity index (χ4n) is 3.34. The number of nitrogens with one attached hydrogen (secondary N) is 1. The van der Waals surface area contributed by atoms with E-state index >= 15 is 0 Å². The Morgan fingerprint density at radius 1 is 1.30 bits per heavy atom. The van der Waals surface area contributed by atoms with E-state index in [1.54, 1.807) is 0 Å². The minimum absolute atomic E-state index is 0.268. The van der Waals surface area contributed by atoms with Crippen LogP contribution < -0.4 is 9.62 Å². The van der Waals surface area contributed by atoms with Crippen molar-refractivity contribution in [2.24, 2.45) is 5.92 Å². The van der Waals surface area contributed by atoms with Gasteiger partial charge in [0.1, 0.15) is 11.9 Å². The third kappa shape index (κ3) is 6.46. The molecule has 2 rings (SSSR count). The van der Waals surface area contributed by atoms with E-state index in [1.807, 2.05) is 0 Å². The van der Waals surface area contributed by atoms with Crippen LogP contribution in [0.1, 0.15) is 33.1 Å². The quantitative estimate of drug-likeness (QED) is 0.681. The highest BCUT2D eigenvalue weighted by Gasteiger charge is 2.29. The van der Waals surface area contributed by atoms with Crippen molar-refractivity contribution in [1.29, 1.82) is 0 Å². The molecule has 1 fully saturated rings. The zero-order valence-electron chi connectivity index (χ0n) is 16.3. The minimum Gasteiger partial charge on any atom is -0.354 e. The lowest BCUT2D eigenvalue weighted by Gasteiger charge is -2.30. The molecule has 1 saturated heterocycles. The number of carbonyl (C=O) groups excluding carboxylic acids is 1. The lowest BCUT2D eigenvalue weighted by Crippen LogP contribution is -2.48. The number of anilines is 1. The van der Waals surface area contributed by atoms with Crippen LogP contribution in [0.2, 0.25) is 0 Å². The summed E-state index contributed by atoms with van der Waals surface area (Å²) < 4.78 is 38.5. The Bertz CT molecular complexity index is 716. The molecular weight excluding hydrogens is 369 g/mol. The smallest absolute Gasteiger partial charge is 0.243 e. The molecule has 1 aliphatic heterocycles. The monoisotopic (exact) mass is 399 g/mol. The molecule has 0 aliphatic carbocycles. The molecule has 1 N–H and O–H groups in total. The predicted octanol–water partition coefficient (Wildman–Crippen LogP) is 2.22. The topological polar surface area (TPSA) is 69.7 Å². The van der Waals surface area contributed by atoms with Gasteiger partial charge in [-0.25, -0.2) is 12.8 Å². The average Bonchev–Trinajstić information content (AvgIpc) is 2.60. The van der Waals surface area contributed by atoms with Crippen LogP contribution >= 0.6 is 0 Å².